The first-order valence-electron chi connectivity index (χ1n) is 7.17. The zero-order valence-corrected chi connectivity index (χ0v) is 12.5. The fourth-order valence-corrected chi connectivity index (χ4v) is 3.16. The lowest BCUT2D eigenvalue weighted by Gasteiger charge is -2.34. The summed E-state index contributed by atoms with van der Waals surface area (Å²) in [6.07, 6.45) is 3.47. The molecule has 110 valence electrons. The average Bonchev–Trinajstić information content (AvgIpc) is 2.25. The molecule has 0 spiro atoms. The van der Waals surface area contributed by atoms with Crippen molar-refractivity contribution in [2.75, 3.05) is 0 Å². The van der Waals surface area contributed by atoms with Gasteiger partial charge in [0.15, 0.2) is 0 Å². The highest BCUT2D eigenvalue weighted by molar-refractivity contribution is 5.76. The molecule has 1 saturated carbocycles. The second-order valence-electron chi connectivity index (χ2n) is 5.84. The van der Waals surface area contributed by atoms with E-state index in [1.807, 2.05) is 13.8 Å². The molecule has 1 N–H and O–H groups in total. The summed E-state index contributed by atoms with van der Waals surface area (Å²) < 4.78 is 1.69. The largest absolute Gasteiger partial charge is 0.481 e. The summed E-state index contributed by atoms with van der Waals surface area (Å²) in [5.41, 5.74) is 1.68. The lowest BCUT2D eigenvalue weighted by atomic mass is 9.80. The van der Waals surface area contributed by atoms with Crippen molar-refractivity contribution in [1.82, 2.24) is 9.55 Å². The molecule has 0 bridgehead atoms. The summed E-state index contributed by atoms with van der Waals surface area (Å²) in [6.45, 7) is 7.22. The number of carboxylic acid groups (broad SMARTS) is 1. The summed E-state index contributed by atoms with van der Waals surface area (Å²) in [6, 6.07) is 0.0871. The predicted octanol–water partition coefficient (Wildman–Crippen LogP) is 2.41. The van der Waals surface area contributed by atoms with Gasteiger partial charge in [-0.3, -0.25) is 9.36 Å². The van der Waals surface area contributed by atoms with Crippen LogP contribution in [0.3, 0.4) is 0 Å². The van der Waals surface area contributed by atoms with Gasteiger partial charge in [-0.1, -0.05) is 6.42 Å². The Morgan fingerprint density at radius 3 is 2.40 bits per heavy atom. The van der Waals surface area contributed by atoms with Gasteiger partial charge in [-0.05, 0) is 46.5 Å². The minimum Gasteiger partial charge on any atom is -0.481 e. The number of aromatic nitrogens is 2. The van der Waals surface area contributed by atoms with Gasteiger partial charge >= 0.3 is 11.7 Å². The van der Waals surface area contributed by atoms with E-state index in [2.05, 4.69) is 4.98 Å². The second kappa shape index (κ2) is 5.38. The van der Waals surface area contributed by atoms with Crippen LogP contribution in [-0.2, 0) is 4.79 Å². The Labute approximate surface area is 118 Å². The normalized spacial score (nSPS) is 18.4. The number of nitrogens with zero attached hydrogens (tertiary/aromatic N) is 2. The minimum atomic E-state index is -0.889. The SMILES string of the molecule is Cc1nc(=O)n(C(C)C2CCC2)c(C)c1C(C)C(=O)O. The standard InChI is InChI=1S/C15H22N2O3/c1-8(14(18)19)13-9(2)16-15(20)17(11(13)4)10(3)12-6-5-7-12/h8,10,12H,5-7H2,1-4H3,(H,18,19). The first-order chi connectivity index (χ1) is 9.34. The number of hydrogen-bond acceptors (Lipinski definition) is 3. The number of carboxylic acids is 1. The molecule has 0 aliphatic heterocycles. The van der Waals surface area contributed by atoms with Gasteiger partial charge in [0, 0.05) is 23.0 Å². The molecule has 1 heterocycles. The minimum absolute atomic E-state index is 0.0871. The zero-order chi connectivity index (χ0) is 15.0. The number of hydrogen-bond donors (Lipinski definition) is 1. The van der Waals surface area contributed by atoms with Crippen LogP contribution in [0.1, 0.15) is 62.0 Å². The summed E-state index contributed by atoms with van der Waals surface area (Å²) in [7, 11) is 0. The van der Waals surface area contributed by atoms with Crippen LogP contribution in [0.5, 0.6) is 0 Å². The Morgan fingerprint density at radius 2 is 1.95 bits per heavy atom. The van der Waals surface area contributed by atoms with Crippen LogP contribution >= 0.6 is 0 Å². The van der Waals surface area contributed by atoms with Crippen molar-refractivity contribution in [3.8, 4) is 0 Å². The smallest absolute Gasteiger partial charge is 0.348 e. The molecule has 0 saturated heterocycles. The summed E-state index contributed by atoms with van der Waals surface area (Å²) in [5, 5.41) is 9.23. The van der Waals surface area contributed by atoms with Gasteiger partial charge in [0.05, 0.1) is 5.92 Å². The molecule has 1 fully saturated rings. The second-order valence-corrected chi connectivity index (χ2v) is 5.84. The zero-order valence-electron chi connectivity index (χ0n) is 12.5. The molecule has 0 amide bonds. The molecular weight excluding hydrogens is 256 g/mol. The lowest BCUT2D eigenvalue weighted by molar-refractivity contribution is -0.138. The number of rotatable bonds is 4. The highest BCUT2D eigenvalue weighted by Crippen LogP contribution is 2.36. The van der Waals surface area contributed by atoms with Crippen LogP contribution in [-0.4, -0.2) is 20.6 Å². The quantitative estimate of drug-likeness (QED) is 0.918. The van der Waals surface area contributed by atoms with E-state index in [9.17, 15) is 14.7 Å². The predicted molar refractivity (Wildman–Crippen MR) is 76.1 cm³/mol. The van der Waals surface area contributed by atoms with Crippen molar-refractivity contribution in [2.24, 2.45) is 5.92 Å². The third-order valence-electron chi connectivity index (χ3n) is 4.65. The first-order valence-corrected chi connectivity index (χ1v) is 7.17. The molecule has 2 unspecified atom stereocenters. The van der Waals surface area contributed by atoms with E-state index in [1.54, 1.807) is 18.4 Å². The van der Waals surface area contributed by atoms with E-state index < -0.39 is 11.9 Å². The Balaban J connectivity index is 2.54. The van der Waals surface area contributed by atoms with Crippen molar-refractivity contribution >= 4 is 5.97 Å². The van der Waals surface area contributed by atoms with Gasteiger partial charge < -0.3 is 5.11 Å². The number of carbonyl (C=O) groups is 1. The third-order valence-corrected chi connectivity index (χ3v) is 4.65. The maximum absolute atomic E-state index is 12.2. The molecule has 5 heteroatoms. The molecule has 2 atom stereocenters. The van der Waals surface area contributed by atoms with E-state index in [0.29, 0.717) is 17.2 Å². The lowest BCUT2D eigenvalue weighted by Crippen LogP contribution is -2.36. The first kappa shape index (κ1) is 14.8. The van der Waals surface area contributed by atoms with Gasteiger partial charge in [-0.25, -0.2) is 4.79 Å². The van der Waals surface area contributed by atoms with Gasteiger partial charge in [0.2, 0.25) is 0 Å². The Hall–Kier alpha value is -1.65. The van der Waals surface area contributed by atoms with Gasteiger partial charge in [0.1, 0.15) is 0 Å². The molecular formula is C15H22N2O3. The highest BCUT2D eigenvalue weighted by Gasteiger charge is 2.29. The van der Waals surface area contributed by atoms with Crippen molar-refractivity contribution in [1.29, 1.82) is 0 Å². The molecule has 0 radical (unpaired) electrons. The van der Waals surface area contributed by atoms with E-state index >= 15 is 0 Å². The average molecular weight is 278 g/mol. The van der Waals surface area contributed by atoms with Crippen molar-refractivity contribution in [3.63, 3.8) is 0 Å². The van der Waals surface area contributed by atoms with Crippen LogP contribution < -0.4 is 5.69 Å². The topological polar surface area (TPSA) is 72.2 Å². The van der Waals surface area contributed by atoms with Crippen LogP contribution in [0.4, 0.5) is 0 Å². The summed E-state index contributed by atoms with van der Waals surface area (Å²) in [4.78, 5) is 27.5. The molecule has 1 aromatic rings. The molecule has 1 aromatic heterocycles. The molecule has 5 nitrogen and oxygen atoms in total. The molecule has 1 aliphatic rings. The highest BCUT2D eigenvalue weighted by atomic mass is 16.4. The van der Waals surface area contributed by atoms with Gasteiger partial charge in [0.25, 0.3) is 0 Å². The molecule has 1 aliphatic carbocycles. The Kier molecular flexibility index (Phi) is 3.97. The van der Waals surface area contributed by atoms with E-state index in [1.165, 1.54) is 6.42 Å². The fourth-order valence-electron chi connectivity index (χ4n) is 3.16. The Bertz CT molecular complexity index is 588. The van der Waals surface area contributed by atoms with Crippen molar-refractivity contribution in [2.45, 2.75) is 58.9 Å². The molecule has 2 rings (SSSR count). The van der Waals surface area contributed by atoms with Crippen LogP contribution in [0, 0.1) is 19.8 Å². The van der Waals surface area contributed by atoms with Crippen LogP contribution in [0.25, 0.3) is 0 Å². The van der Waals surface area contributed by atoms with Crippen LogP contribution in [0.15, 0.2) is 4.79 Å². The number of aliphatic carboxylic acids is 1. The fraction of sp³-hybridized carbons (Fsp3) is 0.667. The van der Waals surface area contributed by atoms with Gasteiger partial charge in [-0.15, -0.1) is 0 Å². The Morgan fingerprint density at radius 1 is 1.35 bits per heavy atom. The molecule has 20 heavy (non-hydrogen) atoms. The van der Waals surface area contributed by atoms with E-state index in [0.717, 1.165) is 18.5 Å². The monoisotopic (exact) mass is 278 g/mol. The maximum Gasteiger partial charge on any atom is 0.348 e. The summed E-state index contributed by atoms with van der Waals surface area (Å²) >= 11 is 0. The van der Waals surface area contributed by atoms with E-state index in [4.69, 9.17) is 0 Å². The summed E-state index contributed by atoms with van der Waals surface area (Å²) in [5.74, 6) is -1.04. The third kappa shape index (κ3) is 2.37. The van der Waals surface area contributed by atoms with Gasteiger partial charge in [-0.2, -0.15) is 4.98 Å². The van der Waals surface area contributed by atoms with Crippen LogP contribution in [0.2, 0.25) is 0 Å². The maximum atomic E-state index is 12.2. The van der Waals surface area contributed by atoms with Crippen molar-refractivity contribution in [3.05, 3.63) is 27.4 Å². The molecule has 0 aromatic carbocycles. The van der Waals surface area contributed by atoms with E-state index in [-0.39, 0.29) is 11.7 Å². The van der Waals surface area contributed by atoms with Crippen molar-refractivity contribution < 1.29 is 9.90 Å². The number of aryl methyl sites for hydroxylation is 1.